The number of nitrogens with zero attached hydrogens (tertiary/aromatic N) is 2. The third-order valence-corrected chi connectivity index (χ3v) is 2.05. The van der Waals surface area contributed by atoms with E-state index >= 15 is 0 Å². The number of hydrogen-bond donors (Lipinski definition) is 0. The molecule has 0 saturated carbocycles. The highest BCUT2D eigenvalue weighted by molar-refractivity contribution is 5.13. The van der Waals surface area contributed by atoms with Crippen LogP contribution >= 0.6 is 0 Å². The van der Waals surface area contributed by atoms with Crippen LogP contribution in [0.4, 0.5) is 0 Å². The first-order chi connectivity index (χ1) is 7.38. The van der Waals surface area contributed by atoms with Crippen molar-refractivity contribution in [3.63, 3.8) is 0 Å². The van der Waals surface area contributed by atoms with Crippen LogP contribution < -0.4 is 4.74 Å². The fourth-order valence-corrected chi connectivity index (χ4v) is 1.31. The quantitative estimate of drug-likeness (QED) is 0.754. The van der Waals surface area contributed by atoms with E-state index in [0.29, 0.717) is 6.61 Å². The molecule has 2 aromatic heterocycles. The van der Waals surface area contributed by atoms with Gasteiger partial charge in [-0.1, -0.05) is 6.92 Å². The smallest absolute Gasteiger partial charge is 0.157 e. The van der Waals surface area contributed by atoms with E-state index in [2.05, 4.69) is 12.0 Å². The summed E-state index contributed by atoms with van der Waals surface area (Å²) in [5.41, 5.74) is 1.03. The van der Waals surface area contributed by atoms with E-state index in [0.717, 1.165) is 24.3 Å². The van der Waals surface area contributed by atoms with Crippen LogP contribution in [0.2, 0.25) is 0 Å². The lowest BCUT2D eigenvalue weighted by molar-refractivity contribution is 0.304. The van der Waals surface area contributed by atoms with E-state index in [1.54, 1.807) is 18.7 Å². The van der Waals surface area contributed by atoms with Gasteiger partial charge in [0.25, 0.3) is 0 Å². The Hall–Kier alpha value is -1.71. The Morgan fingerprint density at radius 1 is 1.53 bits per heavy atom. The largest absolute Gasteiger partial charge is 0.485 e. The summed E-state index contributed by atoms with van der Waals surface area (Å²) in [5, 5.41) is 4.17. The van der Waals surface area contributed by atoms with Gasteiger partial charge in [-0.3, -0.25) is 4.68 Å². The van der Waals surface area contributed by atoms with Gasteiger partial charge in [0.2, 0.25) is 0 Å². The van der Waals surface area contributed by atoms with Crippen molar-refractivity contribution in [2.45, 2.75) is 26.5 Å². The van der Waals surface area contributed by atoms with E-state index in [-0.39, 0.29) is 0 Å². The molecule has 0 bridgehead atoms. The maximum absolute atomic E-state index is 5.53. The van der Waals surface area contributed by atoms with Crippen molar-refractivity contribution in [3.05, 3.63) is 36.5 Å². The zero-order valence-electron chi connectivity index (χ0n) is 8.72. The molecule has 0 aliphatic heterocycles. The molecular formula is C11H14N2O2. The van der Waals surface area contributed by atoms with Gasteiger partial charge in [0.15, 0.2) is 5.75 Å². The number of hydrogen-bond acceptors (Lipinski definition) is 3. The van der Waals surface area contributed by atoms with E-state index in [4.69, 9.17) is 9.15 Å². The molecule has 0 saturated heterocycles. The van der Waals surface area contributed by atoms with Crippen LogP contribution in [0.25, 0.3) is 0 Å². The summed E-state index contributed by atoms with van der Waals surface area (Å²) in [6.45, 7) is 3.57. The number of aryl methyl sites for hydroxylation is 1. The second-order valence-corrected chi connectivity index (χ2v) is 3.36. The van der Waals surface area contributed by atoms with Crippen LogP contribution in [0.1, 0.15) is 18.9 Å². The lowest BCUT2D eigenvalue weighted by atomic mass is 10.4. The summed E-state index contributed by atoms with van der Waals surface area (Å²) in [7, 11) is 0. The molecule has 0 unspecified atom stereocenters. The molecule has 4 nitrogen and oxygen atoms in total. The molecule has 0 fully saturated rings. The molecule has 0 aliphatic carbocycles. The fourth-order valence-electron chi connectivity index (χ4n) is 1.31. The van der Waals surface area contributed by atoms with Crippen molar-refractivity contribution < 1.29 is 9.15 Å². The summed E-state index contributed by atoms with van der Waals surface area (Å²) in [5.74, 6) is 0.796. The third kappa shape index (κ3) is 2.62. The van der Waals surface area contributed by atoms with Gasteiger partial charge in [0.05, 0.1) is 24.9 Å². The van der Waals surface area contributed by atoms with Gasteiger partial charge in [-0.25, -0.2) is 0 Å². The van der Waals surface area contributed by atoms with Crippen LogP contribution in [0.3, 0.4) is 0 Å². The second-order valence-electron chi connectivity index (χ2n) is 3.36. The van der Waals surface area contributed by atoms with E-state index in [9.17, 15) is 0 Å². The minimum atomic E-state index is 0.522. The average molecular weight is 206 g/mol. The Balaban J connectivity index is 1.88. The van der Waals surface area contributed by atoms with E-state index in [1.165, 1.54) is 0 Å². The Morgan fingerprint density at radius 2 is 2.47 bits per heavy atom. The number of rotatable bonds is 5. The molecule has 2 heterocycles. The lowest BCUT2D eigenvalue weighted by Crippen LogP contribution is -1.96. The van der Waals surface area contributed by atoms with Gasteiger partial charge in [-0.15, -0.1) is 0 Å². The predicted octanol–water partition coefficient (Wildman–Crippen LogP) is 2.47. The molecule has 0 atom stereocenters. The molecule has 0 spiro atoms. The molecular weight excluding hydrogens is 192 g/mol. The Labute approximate surface area is 88.5 Å². The topological polar surface area (TPSA) is 40.2 Å². The number of aromatic nitrogens is 2. The van der Waals surface area contributed by atoms with Crippen LogP contribution in [-0.4, -0.2) is 9.78 Å². The highest BCUT2D eigenvalue weighted by Crippen LogP contribution is 2.11. The van der Waals surface area contributed by atoms with Crippen molar-refractivity contribution in [2.24, 2.45) is 0 Å². The van der Waals surface area contributed by atoms with E-state index < -0.39 is 0 Å². The van der Waals surface area contributed by atoms with Crippen LogP contribution in [0.15, 0.2) is 35.4 Å². The van der Waals surface area contributed by atoms with Crippen molar-refractivity contribution >= 4 is 0 Å². The Morgan fingerprint density at radius 3 is 3.20 bits per heavy atom. The van der Waals surface area contributed by atoms with E-state index in [1.807, 2.05) is 16.9 Å². The summed E-state index contributed by atoms with van der Waals surface area (Å²) in [4.78, 5) is 0. The van der Waals surface area contributed by atoms with Gasteiger partial charge in [-0.2, -0.15) is 5.10 Å². The minimum Gasteiger partial charge on any atom is -0.485 e. The molecule has 0 aliphatic rings. The molecule has 2 aromatic rings. The van der Waals surface area contributed by atoms with Gasteiger partial charge in [0.1, 0.15) is 6.61 Å². The second kappa shape index (κ2) is 4.68. The van der Waals surface area contributed by atoms with Gasteiger partial charge >= 0.3 is 0 Å². The molecule has 15 heavy (non-hydrogen) atoms. The summed E-state index contributed by atoms with van der Waals surface area (Å²) < 4.78 is 12.4. The first kappa shape index (κ1) is 9.83. The third-order valence-electron chi connectivity index (χ3n) is 2.05. The molecule has 80 valence electrons. The van der Waals surface area contributed by atoms with Gasteiger partial charge in [0, 0.05) is 12.1 Å². The van der Waals surface area contributed by atoms with Gasteiger partial charge in [-0.05, 0) is 12.5 Å². The van der Waals surface area contributed by atoms with Crippen LogP contribution in [0.5, 0.6) is 5.75 Å². The summed E-state index contributed by atoms with van der Waals surface area (Å²) in [6.07, 6.45) is 8.03. The Kier molecular flexibility index (Phi) is 3.07. The minimum absolute atomic E-state index is 0.522. The lowest BCUT2D eigenvalue weighted by Gasteiger charge is -1.99. The zero-order chi connectivity index (χ0) is 10.5. The standard InChI is InChI=1S/C11H14N2O2/c1-2-4-13-7-11(6-12-13)15-9-10-3-5-14-8-10/h3,5-8H,2,4,9H2,1H3. The van der Waals surface area contributed by atoms with Crippen molar-refractivity contribution in [3.8, 4) is 5.75 Å². The fraction of sp³-hybridized carbons (Fsp3) is 0.364. The Bertz CT molecular complexity index is 392. The highest BCUT2D eigenvalue weighted by Gasteiger charge is 2.00. The average Bonchev–Trinajstić information content (AvgIpc) is 2.85. The first-order valence-electron chi connectivity index (χ1n) is 5.05. The summed E-state index contributed by atoms with van der Waals surface area (Å²) in [6, 6.07) is 1.89. The van der Waals surface area contributed by atoms with Crippen LogP contribution in [0, 0.1) is 0 Å². The molecule has 2 rings (SSSR count). The number of ether oxygens (including phenoxy) is 1. The van der Waals surface area contributed by atoms with Crippen molar-refractivity contribution in [2.75, 3.05) is 0 Å². The van der Waals surface area contributed by atoms with Gasteiger partial charge < -0.3 is 9.15 Å². The normalized spacial score (nSPS) is 10.5. The highest BCUT2D eigenvalue weighted by atomic mass is 16.5. The maximum atomic E-state index is 5.53. The first-order valence-corrected chi connectivity index (χ1v) is 5.05. The maximum Gasteiger partial charge on any atom is 0.157 e. The van der Waals surface area contributed by atoms with Crippen LogP contribution in [-0.2, 0) is 13.2 Å². The number of furan rings is 1. The zero-order valence-corrected chi connectivity index (χ0v) is 8.72. The molecule has 0 aromatic carbocycles. The summed E-state index contributed by atoms with van der Waals surface area (Å²) >= 11 is 0. The molecule has 0 N–H and O–H groups in total. The molecule has 4 heteroatoms. The van der Waals surface area contributed by atoms with Crippen molar-refractivity contribution in [1.82, 2.24) is 9.78 Å². The molecule has 0 radical (unpaired) electrons. The predicted molar refractivity (Wildman–Crippen MR) is 55.6 cm³/mol. The SMILES string of the molecule is CCCn1cc(OCc2ccoc2)cn1. The monoisotopic (exact) mass is 206 g/mol. The molecule has 0 amide bonds. The van der Waals surface area contributed by atoms with Crippen molar-refractivity contribution in [1.29, 1.82) is 0 Å².